The third kappa shape index (κ3) is 7.18. The van der Waals surface area contributed by atoms with Gasteiger partial charge in [-0.1, -0.05) is 104 Å². The molecule has 6 rings (SSSR count). The van der Waals surface area contributed by atoms with Crippen LogP contribution >= 0.6 is 22.9 Å². The lowest BCUT2D eigenvalue weighted by molar-refractivity contribution is -0.119. The standard InChI is InChI=1S/C40H35ClN2O4S/c1-25(2)22-28-18-16-26(17-19-28)20-21-29-24-33(36(44)32-14-8-9-15-34(32)41)38(48-29)42-37(45)35(23-27-10-4-3-5-11-27)43-39(46)30-12-6-7-13-31(30)40(43)47/h3-19,24-25,35H,20-23H2,1-2H3,(H,42,45)/t35-/m0/s1. The number of imide groups is 1. The molecule has 1 aliphatic heterocycles. The molecule has 1 atom stereocenters. The Labute approximate surface area is 289 Å². The second-order valence-corrected chi connectivity index (χ2v) is 13.9. The van der Waals surface area contributed by atoms with Gasteiger partial charge in [0.05, 0.1) is 21.7 Å². The summed E-state index contributed by atoms with van der Waals surface area (Å²) in [6.45, 7) is 4.40. The lowest BCUT2D eigenvalue weighted by Crippen LogP contribution is -2.48. The summed E-state index contributed by atoms with van der Waals surface area (Å²) in [5, 5.41) is 3.62. The van der Waals surface area contributed by atoms with Crippen LogP contribution in [0.4, 0.5) is 5.00 Å². The molecule has 6 nitrogen and oxygen atoms in total. The number of nitrogens with one attached hydrogen (secondary N) is 1. The number of hydrogen-bond acceptors (Lipinski definition) is 5. The second-order valence-electron chi connectivity index (χ2n) is 12.4. The zero-order valence-electron chi connectivity index (χ0n) is 26.7. The highest BCUT2D eigenvalue weighted by Crippen LogP contribution is 2.34. The predicted molar refractivity (Wildman–Crippen MR) is 191 cm³/mol. The number of rotatable bonds is 12. The van der Waals surface area contributed by atoms with Crippen molar-refractivity contribution < 1.29 is 19.2 Å². The van der Waals surface area contributed by atoms with E-state index in [4.69, 9.17) is 11.6 Å². The van der Waals surface area contributed by atoms with E-state index in [1.807, 2.05) is 36.4 Å². The van der Waals surface area contributed by atoms with Gasteiger partial charge in [0, 0.05) is 16.9 Å². The Hall–Kier alpha value is -4.85. The minimum atomic E-state index is -1.15. The van der Waals surface area contributed by atoms with Crippen LogP contribution in [0.3, 0.4) is 0 Å². The topological polar surface area (TPSA) is 83.6 Å². The number of fused-ring (bicyclic) bond motifs is 1. The van der Waals surface area contributed by atoms with E-state index in [0.717, 1.165) is 28.2 Å². The molecule has 0 bridgehead atoms. The van der Waals surface area contributed by atoms with Gasteiger partial charge in [-0.3, -0.25) is 24.1 Å². The predicted octanol–water partition coefficient (Wildman–Crippen LogP) is 8.46. The molecule has 4 aromatic carbocycles. The molecule has 8 heteroatoms. The van der Waals surface area contributed by atoms with E-state index >= 15 is 0 Å². The molecule has 0 fully saturated rings. The molecule has 1 N–H and O–H groups in total. The van der Waals surface area contributed by atoms with E-state index in [2.05, 4.69) is 43.4 Å². The molecule has 0 unspecified atom stereocenters. The molecule has 0 saturated carbocycles. The number of thiophene rings is 1. The van der Waals surface area contributed by atoms with Crippen LogP contribution in [0.5, 0.6) is 0 Å². The number of halogens is 1. The zero-order valence-corrected chi connectivity index (χ0v) is 28.3. The number of ketones is 1. The van der Waals surface area contributed by atoms with Crippen LogP contribution in [0, 0.1) is 5.92 Å². The zero-order chi connectivity index (χ0) is 33.8. The maximum Gasteiger partial charge on any atom is 0.262 e. The third-order valence-corrected chi connectivity index (χ3v) is 9.86. The number of anilines is 1. The average Bonchev–Trinajstić information content (AvgIpc) is 3.60. The van der Waals surface area contributed by atoms with E-state index in [1.54, 1.807) is 48.5 Å². The molecular weight excluding hydrogens is 640 g/mol. The summed E-state index contributed by atoms with van der Waals surface area (Å²) in [5.41, 5.74) is 4.41. The number of carbonyl (C=O) groups excluding carboxylic acids is 4. The molecule has 2 heterocycles. The SMILES string of the molecule is CC(C)Cc1ccc(CCc2cc(C(=O)c3ccccc3Cl)c(NC(=O)[C@H](Cc3ccccc3)N3C(=O)c4ccccc4C3=O)s2)cc1. The van der Waals surface area contributed by atoms with Gasteiger partial charge in [-0.2, -0.15) is 0 Å². The molecule has 0 spiro atoms. The van der Waals surface area contributed by atoms with Crippen molar-refractivity contribution in [3.8, 4) is 0 Å². The Morgan fingerprint density at radius 2 is 1.29 bits per heavy atom. The van der Waals surface area contributed by atoms with Gasteiger partial charge in [0.25, 0.3) is 11.8 Å². The van der Waals surface area contributed by atoms with Crippen molar-refractivity contribution in [2.75, 3.05) is 5.32 Å². The normalized spacial score (nSPS) is 13.1. The van der Waals surface area contributed by atoms with E-state index in [-0.39, 0.29) is 23.3 Å². The van der Waals surface area contributed by atoms with Crippen molar-refractivity contribution in [1.82, 2.24) is 4.90 Å². The maximum atomic E-state index is 14.2. The minimum Gasteiger partial charge on any atom is -0.315 e. The highest BCUT2D eigenvalue weighted by molar-refractivity contribution is 7.16. The first-order chi connectivity index (χ1) is 23.2. The second kappa shape index (κ2) is 14.5. The Kier molecular flexibility index (Phi) is 9.99. The highest BCUT2D eigenvalue weighted by Gasteiger charge is 2.43. The van der Waals surface area contributed by atoms with Crippen molar-refractivity contribution in [3.63, 3.8) is 0 Å². The van der Waals surface area contributed by atoms with Gasteiger partial charge in [-0.25, -0.2) is 0 Å². The third-order valence-electron chi connectivity index (χ3n) is 8.42. The fourth-order valence-electron chi connectivity index (χ4n) is 6.02. The number of amides is 3. The monoisotopic (exact) mass is 674 g/mol. The molecular formula is C40H35ClN2O4S. The molecule has 0 radical (unpaired) electrons. The van der Waals surface area contributed by atoms with Gasteiger partial charge in [-0.05, 0) is 72.2 Å². The van der Waals surface area contributed by atoms with E-state index in [0.29, 0.717) is 33.5 Å². The Morgan fingerprint density at radius 1 is 0.708 bits per heavy atom. The van der Waals surface area contributed by atoms with Gasteiger partial charge >= 0.3 is 0 Å². The van der Waals surface area contributed by atoms with Crippen molar-refractivity contribution >= 4 is 51.4 Å². The molecule has 1 aliphatic rings. The Morgan fingerprint density at radius 3 is 1.94 bits per heavy atom. The number of carbonyl (C=O) groups is 4. The molecule has 0 saturated heterocycles. The summed E-state index contributed by atoms with van der Waals surface area (Å²) in [7, 11) is 0. The van der Waals surface area contributed by atoms with E-state index in [9.17, 15) is 19.2 Å². The Balaban J connectivity index is 1.31. The van der Waals surface area contributed by atoms with Crippen molar-refractivity contribution in [2.45, 2.75) is 45.6 Å². The molecule has 0 aliphatic carbocycles. The van der Waals surface area contributed by atoms with Crippen LogP contribution in [0.1, 0.15) is 72.1 Å². The van der Waals surface area contributed by atoms with Crippen LogP contribution in [-0.2, 0) is 30.5 Å². The van der Waals surface area contributed by atoms with E-state index < -0.39 is 23.8 Å². The van der Waals surface area contributed by atoms with Crippen LogP contribution in [0.15, 0.2) is 109 Å². The molecule has 5 aromatic rings. The number of benzene rings is 4. The molecule has 242 valence electrons. The summed E-state index contributed by atoms with van der Waals surface area (Å²) in [6, 6.07) is 31.9. The van der Waals surface area contributed by atoms with E-state index in [1.165, 1.54) is 22.5 Å². The van der Waals surface area contributed by atoms with Crippen LogP contribution in [-0.4, -0.2) is 34.4 Å². The lowest BCUT2D eigenvalue weighted by Gasteiger charge is -2.25. The lowest BCUT2D eigenvalue weighted by atomic mass is 10.00. The van der Waals surface area contributed by atoms with Crippen LogP contribution < -0.4 is 5.32 Å². The fourth-order valence-corrected chi connectivity index (χ4v) is 7.30. The quantitative estimate of drug-likeness (QED) is 0.106. The first-order valence-corrected chi connectivity index (χ1v) is 17.2. The molecule has 3 amide bonds. The minimum absolute atomic E-state index is 0.108. The van der Waals surface area contributed by atoms with Crippen molar-refractivity contribution in [2.24, 2.45) is 5.92 Å². The van der Waals surface area contributed by atoms with Gasteiger partial charge in [0.2, 0.25) is 5.91 Å². The van der Waals surface area contributed by atoms with Crippen molar-refractivity contribution in [3.05, 3.63) is 158 Å². The molecule has 1 aromatic heterocycles. The van der Waals surface area contributed by atoms with Gasteiger partial charge in [0.1, 0.15) is 11.0 Å². The summed E-state index contributed by atoms with van der Waals surface area (Å²) in [4.78, 5) is 57.2. The Bertz CT molecular complexity index is 1950. The number of hydrogen-bond donors (Lipinski definition) is 1. The number of nitrogens with zero attached hydrogens (tertiary/aromatic N) is 1. The average molecular weight is 675 g/mol. The first kappa shape index (κ1) is 33.1. The van der Waals surface area contributed by atoms with Crippen LogP contribution in [0.2, 0.25) is 5.02 Å². The highest BCUT2D eigenvalue weighted by atomic mass is 35.5. The van der Waals surface area contributed by atoms with Gasteiger partial charge < -0.3 is 5.32 Å². The summed E-state index contributed by atoms with van der Waals surface area (Å²) >= 11 is 7.75. The number of aryl methyl sites for hydroxylation is 2. The molecule has 48 heavy (non-hydrogen) atoms. The largest absolute Gasteiger partial charge is 0.315 e. The van der Waals surface area contributed by atoms with Gasteiger partial charge in [-0.15, -0.1) is 11.3 Å². The fraction of sp³-hybridized carbons (Fsp3) is 0.200. The smallest absolute Gasteiger partial charge is 0.262 e. The summed E-state index contributed by atoms with van der Waals surface area (Å²) in [6.07, 6.45) is 2.53. The first-order valence-electron chi connectivity index (χ1n) is 16.0. The van der Waals surface area contributed by atoms with Gasteiger partial charge in [0.15, 0.2) is 5.78 Å². The maximum absolute atomic E-state index is 14.2. The van der Waals surface area contributed by atoms with Crippen LogP contribution in [0.25, 0.3) is 0 Å². The summed E-state index contributed by atoms with van der Waals surface area (Å²) < 4.78 is 0. The summed E-state index contributed by atoms with van der Waals surface area (Å²) in [5.74, 6) is -1.35. The van der Waals surface area contributed by atoms with Crippen molar-refractivity contribution in [1.29, 1.82) is 0 Å².